The van der Waals surface area contributed by atoms with Crippen molar-refractivity contribution < 1.29 is 28.0 Å². The second kappa shape index (κ2) is 8.32. The SMILES string of the molecule is COC(=O)c1sc2cc(NC(=O)Cn3nc(C(F)F)c([N+](=O)[O-])c3C)ccc2c1Cl. The predicted molar refractivity (Wildman–Crippen MR) is 105 cm³/mol. The molecule has 13 heteroatoms. The first kappa shape index (κ1) is 21.6. The minimum Gasteiger partial charge on any atom is -0.465 e. The summed E-state index contributed by atoms with van der Waals surface area (Å²) in [4.78, 5) is 34.4. The molecule has 158 valence electrons. The van der Waals surface area contributed by atoms with E-state index in [9.17, 15) is 28.5 Å². The molecular formula is C17H13ClF2N4O5S. The maximum absolute atomic E-state index is 13.0. The van der Waals surface area contributed by atoms with E-state index in [1.165, 1.54) is 14.0 Å². The van der Waals surface area contributed by atoms with Gasteiger partial charge in [-0.2, -0.15) is 5.10 Å². The van der Waals surface area contributed by atoms with Crippen LogP contribution in [0.15, 0.2) is 18.2 Å². The number of aromatic nitrogens is 2. The molecule has 0 aliphatic heterocycles. The zero-order valence-corrected chi connectivity index (χ0v) is 17.0. The van der Waals surface area contributed by atoms with Gasteiger partial charge in [0.05, 0.1) is 17.1 Å². The average Bonchev–Trinajstić information content (AvgIpc) is 3.18. The normalized spacial score (nSPS) is 11.1. The smallest absolute Gasteiger partial charge is 0.349 e. The number of nitrogens with one attached hydrogen (secondary N) is 1. The Bertz CT molecular complexity index is 1180. The summed E-state index contributed by atoms with van der Waals surface area (Å²) in [5.74, 6) is -1.22. The fourth-order valence-electron chi connectivity index (χ4n) is 2.79. The number of hydrogen-bond acceptors (Lipinski definition) is 7. The number of hydrogen-bond donors (Lipinski definition) is 1. The van der Waals surface area contributed by atoms with Crippen LogP contribution >= 0.6 is 22.9 Å². The predicted octanol–water partition coefficient (Wildman–Crippen LogP) is 4.33. The number of amides is 1. The van der Waals surface area contributed by atoms with Crippen molar-refractivity contribution in [2.45, 2.75) is 19.9 Å². The number of nitro groups is 1. The minimum absolute atomic E-state index is 0.159. The molecule has 1 N–H and O–H groups in total. The number of thiophene rings is 1. The number of ether oxygens (including phenoxy) is 1. The molecule has 3 aromatic rings. The van der Waals surface area contributed by atoms with Crippen molar-refractivity contribution in [3.8, 4) is 0 Å². The van der Waals surface area contributed by atoms with Crippen molar-refractivity contribution in [2.24, 2.45) is 0 Å². The Morgan fingerprint density at radius 3 is 2.70 bits per heavy atom. The summed E-state index contributed by atoms with van der Waals surface area (Å²) in [7, 11) is 1.23. The van der Waals surface area contributed by atoms with E-state index in [2.05, 4.69) is 15.2 Å². The molecule has 30 heavy (non-hydrogen) atoms. The molecule has 0 spiro atoms. The third-order valence-electron chi connectivity index (χ3n) is 4.17. The third-order valence-corrected chi connectivity index (χ3v) is 5.80. The van der Waals surface area contributed by atoms with Gasteiger partial charge in [0.1, 0.15) is 17.1 Å². The van der Waals surface area contributed by atoms with E-state index in [4.69, 9.17) is 11.6 Å². The Balaban J connectivity index is 1.83. The van der Waals surface area contributed by atoms with Gasteiger partial charge in [0.2, 0.25) is 11.6 Å². The molecule has 2 heterocycles. The number of anilines is 1. The van der Waals surface area contributed by atoms with Crippen LogP contribution in [0, 0.1) is 17.0 Å². The second-order valence-electron chi connectivity index (χ2n) is 6.03. The highest BCUT2D eigenvalue weighted by Crippen LogP contribution is 2.37. The first-order chi connectivity index (χ1) is 14.1. The minimum atomic E-state index is -3.15. The van der Waals surface area contributed by atoms with E-state index in [0.717, 1.165) is 16.0 Å². The first-order valence-electron chi connectivity index (χ1n) is 8.24. The van der Waals surface area contributed by atoms with Crippen LogP contribution in [-0.2, 0) is 16.1 Å². The summed E-state index contributed by atoms with van der Waals surface area (Å²) in [6, 6.07) is 4.73. The van der Waals surface area contributed by atoms with Crippen LogP contribution in [0.5, 0.6) is 0 Å². The van der Waals surface area contributed by atoms with E-state index in [0.29, 0.717) is 15.8 Å². The highest BCUT2D eigenvalue weighted by atomic mass is 35.5. The molecule has 0 aliphatic carbocycles. The molecule has 0 aliphatic rings. The van der Waals surface area contributed by atoms with Gasteiger partial charge in [0.25, 0.3) is 6.43 Å². The fourth-order valence-corrected chi connectivity index (χ4v) is 4.26. The van der Waals surface area contributed by atoms with Gasteiger partial charge >= 0.3 is 11.7 Å². The van der Waals surface area contributed by atoms with Crippen LogP contribution in [0.1, 0.15) is 27.5 Å². The van der Waals surface area contributed by atoms with Gasteiger partial charge in [-0.15, -0.1) is 11.3 Å². The molecule has 3 rings (SSSR count). The maximum Gasteiger partial charge on any atom is 0.349 e. The van der Waals surface area contributed by atoms with Gasteiger partial charge in [-0.05, 0) is 25.1 Å². The Kier molecular flexibility index (Phi) is 5.99. The molecule has 0 fully saturated rings. The van der Waals surface area contributed by atoms with Gasteiger partial charge in [-0.3, -0.25) is 19.6 Å². The number of rotatable bonds is 6. The zero-order valence-electron chi connectivity index (χ0n) is 15.4. The van der Waals surface area contributed by atoms with Crippen molar-refractivity contribution in [1.82, 2.24) is 9.78 Å². The van der Waals surface area contributed by atoms with Crippen molar-refractivity contribution in [2.75, 3.05) is 12.4 Å². The van der Waals surface area contributed by atoms with Gasteiger partial charge in [-0.25, -0.2) is 13.6 Å². The topological polar surface area (TPSA) is 116 Å². The van der Waals surface area contributed by atoms with Gasteiger partial charge in [-0.1, -0.05) is 11.6 Å². The van der Waals surface area contributed by atoms with E-state index in [1.54, 1.807) is 18.2 Å². The molecule has 0 unspecified atom stereocenters. The number of nitrogens with zero attached hydrogens (tertiary/aromatic N) is 3. The molecule has 9 nitrogen and oxygen atoms in total. The number of halogens is 3. The Morgan fingerprint density at radius 1 is 1.43 bits per heavy atom. The van der Waals surface area contributed by atoms with E-state index in [-0.39, 0.29) is 15.6 Å². The third kappa shape index (κ3) is 3.96. The van der Waals surface area contributed by atoms with Gasteiger partial charge in [0.15, 0.2) is 0 Å². The quantitative estimate of drug-likeness (QED) is 0.334. The van der Waals surface area contributed by atoms with E-state index >= 15 is 0 Å². The molecule has 0 radical (unpaired) electrons. The lowest BCUT2D eigenvalue weighted by Crippen LogP contribution is -2.20. The Labute approximate surface area is 176 Å². The van der Waals surface area contributed by atoms with Crippen LogP contribution in [0.25, 0.3) is 10.1 Å². The van der Waals surface area contributed by atoms with Crippen LogP contribution in [0.4, 0.5) is 20.2 Å². The first-order valence-corrected chi connectivity index (χ1v) is 9.43. The number of fused-ring (bicyclic) bond motifs is 1. The van der Waals surface area contributed by atoms with Gasteiger partial charge in [0, 0.05) is 15.8 Å². The number of carbonyl (C=O) groups excluding carboxylic acids is 2. The molecule has 1 aromatic carbocycles. The zero-order chi connectivity index (χ0) is 22.2. The number of esters is 1. The lowest BCUT2D eigenvalue weighted by Gasteiger charge is -2.06. The standard InChI is InChI=1S/C17H13ClF2N4O5S/c1-7-14(24(27)28)13(16(19)20)22-23(7)6-11(25)21-8-3-4-9-10(5-8)30-15(12(9)18)17(26)29-2/h3-5,16H,6H2,1-2H3,(H,21,25). The fraction of sp³-hybridized carbons (Fsp3) is 0.235. The summed E-state index contributed by atoms with van der Waals surface area (Å²) in [5, 5.41) is 17.9. The second-order valence-corrected chi connectivity index (χ2v) is 7.46. The summed E-state index contributed by atoms with van der Waals surface area (Å²) >= 11 is 7.26. The number of carbonyl (C=O) groups is 2. The molecule has 0 saturated carbocycles. The van der Waals surface area contributed by atoms with E-state index < -0.39 is 41.2 Å². The largest absolute Gasteiger partial charge is 0.465 e. The number of benzene rings is 1. The van der Waals surface area contributed by atoms with Crippen LogP contribution in [0.2, 0.25) is 5.02 Å². The Hall–Kier alpha value is -3.12. The number of alkyl halides is 2. The van der Waals surface area contributed by atoms with Crippen molar-refractivity contribution in [3.63, 3.8) is 0 Å². The molecular weight excluding hydrogens is 446 g/mol. The molecule has 0 bridgehead atoms. The lowest BCUT2D eigenvalue weighted by molar-refractivity contribution is -0.386. The van der Waals surface area contributed by atoms with Crippen LogP contribution in [-0.4, -0.2) is 33.7 Å². The highest BCUT2D eigenvalue weighted by Gasteiger charge is 2.31. The highest BCUT2D eigenvalue weighted by molar-refractivity contribution is 7.21. The van der Waals surface area contributed by atoms with E-state index in [1.807, 2.05) is 0 Å². The maximum atomic E-state index is 13.0. The van der Waals surface area contributed by atoms with Crippen LogP contribution in [0.3, 0.4) is 0 Å². The summed E-state index contributed by atoms with van der Waals surface area (Å²) < 4.78 is 32.2. The number of methoxy groups -OCH3 is 1. The monoisotopic (exact) mass is 458 g/mol. The molecule has 0 saturated heterocycles. The van der Waals surface area contributed by atoms with Gasteiger partial charge < -0.3 is 10.1 Å². The molecule has 2 aromatic heterocycles. The van der Waals surface area contributed by atoms with Crippen molar-refractivity contribution >= 4 is 56.3 Å². The summed E-state index contributed by atoms with van der Waals surface area (Å²) in [5.41, 5.74) is -1.61. The average molecular weight is 459 g/mol. The van der Waals surface area contributed by atoms with Crippen molar-refractivity contribution in [3.05, 3.63) is 49.6 Å². The molecule has 0 atom stereocenters. The lowest BCUT2D eigenvalue weighted by atomic mass is 10.2. The summed E-state index contributed by atoms with van der Waals surface area (Å²) in [6.07, 6.45) is -3.15. The Morgan fingerprint density at radius 2 is 2.13 bits per heavy atom. The molecule has 1 amide bonds. The summed E-state index contributed by atoms with van der Waals surface area (Å²) in [6.45, 7) is 0.731. The van der Waals surface area contributed by atoms with Crippen molar-refractivity contribution in [1.29, 1.82) is 0 Å². The van der Waals surface area contributed by atoms with Crippen LogP contribution < -0.4 is 5.32 Å².